The van der Waals surface area contributed by atoms with Crippen molar-refractivity contribution in [3.63, 3.8) is 0 Å². The Morgan fingerprint density at radius 3 is 3.11 bits per heavy atom. The second-order valence-corrected chi connectivity index (χ2v) is 6.30. The van der Waals surface area contributed by atoms with Crippen LogP contribution in [0.5, 0.6) is 0 Å². The number of carbonyl (C=O) groups is 1. The van der Waals surface area contributed by atoms with Gasteiger partial charge in [-0.05, 0) is 31.7 Å². The first-order chi connectivity index (χ1) is 9.22. The Morgan fingerprint density at radius 1 is 1.58 bits per heavy atom. The minimum Gasteiger partial charge on any atom is -0.348 e. The van der Waals surface area contributed by atoms with Crippen molar-refractivity contribution in [2.45, 2.75) is 52.1 Å². The number of aromatic nitrogens is 1. The van der Waals surface area contributed by atoms with Gasteiger partial charge >= 0.3 is 0 Å². The molecule has 2 heterocycles. The fourth-order valence-electron chi connectivity index (χ4n) is 2.45. The van der Waals surface area contributed by atoms with Gasteiger partial charge < -0.3 is 10.6 Å². The van der Waals surface area contributed by atoms with Gasteiger partial charge in [-0.3, -0.25) is 4.79 Å². The Kier molecular flexibility index (Phi) is 5.34. The first-order valence-corrected chi connectivity index (χ1v) is 7.99. The second kappa shape index (κ2) is 7.01. The van der Waals surface area contributed by atoms with E-state index in [9.17, 15) is 4.79 Å². The fraction of sp³-hybridized carbons (Fsp3) is 0.714. The number of amides is 1. The molecule has 106 valence electrons. The fourth-order valence-corrected chi connectivity index (χ4v) is 3.25. The van der Waals surface area contributed by atoms with Crippen molar-refractivity contribution in [1.29, 1.82) is 0 Å². The number of hydrogen-bond acceptors (Lipinski definition) is 4. The van der Waals surface area contributed by atoms with Crippen molar-refractivity contribution in [1.82, 2.24) is 15.6 Å². The molecule has 0 bridgehead atoms. The lowest BCUT2D eigenvalue weighted by Crippen LogP contribution is -2.48. The summed E-state index contributed by atoms with van der Waals surface area (Å²) in [6.07, 6.45) is 6.22. The third-order valence-electron chi connectivity index (χ3n) is 3.77. The van der Waals surface area contributed by atoms with Crippen molar-refractivity contribution >= 4 is 17.2 Å². The Morgan fingerprint density at radius 2 is 2.42 bits per heavy atom. The molecule has 1 aliphatic heterocycles. The average Bonchev–Trinajstić information content (AvgIpc) is 2.93. The van der Waals surface area contributed by atoms with Gasteiger partial charge in [0.2, 0.25) is 5.91 Å². The third-order valence-corrected chi connectivity index (χ3v) is 4.91. The maximum atomic E-state index is 12.1. The highest BCUT2D eigenvalue weighted by Crippen LogP contribution is 2.19. The van der Waals surface area contributed by atoms with E-state index in [4.69, 9.17) is 0 Å². The molecule has 1 aromatic rings. The highest BCUT2D eigenvalue weighted by atomic mass is 32.1. The minimum absolute atomic E-state index is 0.0238. The summed E-state index contributed by atoms with van der Waals surface area (Å²) in [6, 6.07) is -0.0238. The van der Waals surface area contributed by atoms with E-state index in [1.54, 1.807) is 11.3 Å². The maximum Gasteiger partial charge on any atom is 0.237 e. The van der Waals surface area contributed by atoms with Crippen molar-refractivity contribution in [2.24, 2.45) is 5.92 Å². The summed E-state index contributed by atoms with van der Waals surface area (Å²) >= 11 is 1.68. The monoisotopic (exact) mass is 281 g/mol. The van der Waals surface area contributed by atoms with E-state index in [2.05, 4.69) is 29.5 Å². The summed E-state index contributed by atoms with van der Waals surface area (Å²) in [7, 11) is 0. The van der Waals surface area contributed by atoms with Crippen LogP contribution in [0.1, 0.15) is 43.0 Å². The molecule has 0 aliphatic carbocycles. The number of hydrogen-bond donors (Lipinski definition) is 2. The normalized spacial score (nSPS) is 23.3. The molecule has 4 nitrogen and oxygen atoms in total. The summed E-state index contributed by atoms with van der Waals surface area (Å²) in [5.74, 6) is 0.801. The standard InChI is InChI=1S/C14H23N3OS/c1-3-10-5-6-15-12(7-10)14(18)17-9-13-16-8-11(4-2)19-13/h8,10,12,15H,3-7,9H2,1-2H3,(H,17,18). The van der Waals surface area contributed by atoms with Crippen molar-refractivity contribution < 1.29 is 4.79 Å². The quantitative estimate of drug-likeness (QED) is 0.869. The van der Waals surface area contributed by atoms with E-state index >= 15 is 0 Å². The zero-order valence-corrected chi connectivity index (χ0v) is 12.6. The first-order valence-electron chi connectivity index (χ1n) is 7.17. The molecule has 2 atom stereocenters. The summed E-state index contributed by atoms with van der Waals surface area (Å²) in [6.45, 7) is 5.83. The number of nitrogens with zero attached hydrogens (tertiary/aromatic N) is 1. The van der Waals surface area contributed by atoms with E-state index in [1.807, 2.05) is 6.20 Å². The smallest absolute Gasteiger partial charge is 0.237 e. The topological polar surface area (TPSA) is 54.0 Å². The molecular formula is C14H23N3OS. The number of aryl methyl sites for hydroxylation is 1. The van der Waals surface area contributed by atoms with Crippen molar-refractivity contribution in [3.05, 3.63) is 16.1 Å². The van der Waals surface area contributed by atoms with Crippen LogP contribution >= 0.6 is 11.3 Å². The van der Waals surface area contributed by atoms with Gasteiger partial charge in [0.25, 0.3) is 0 Å². The Balaban J connectivity index is 1.80. The molecule has 19 heavy (non-hydrogen) atoms. The molecule has 1 aromatic heterocycles. The van der Waals surface area contributed by atoms with Gasteiger partial charge in [0.05, 0.1) is 12.6 Å². The molecule has 0 radical (unpaired) electrons. The van der Waals surface area contributed by atoms with Gasteiger partial charge in [-0.25, -0.2) is 4.98 Å². The number of rotatable bonds is 5. The molecule has 1 fully saturated rings. The number of carbonyl (C=O) groups excluding carboxylic acids is 1. The van der Waals surface area contributed by atoms with E-state index in [0.29, 0.717) is 12.5 Å². The molecule has 2 rings (SSSR count). The number of piperidine rings is 1. The molecular weight excluding hydrogens is 258 g/mol. The lowest BCUT2D eigenvalue weighted by molar-refractivity contribution is -0.124. The highest BCUT2D eigenvalue weighted by molar-refractivity contribution is 7.11. The van der Waals surface area contributed by atoms with Crippen LogP contribution in [-0.2, 0) is 17.8 Å². The van der Waals surface area contributed by atoms with Crippen molar-refractivity contribution in [2.75, 3.05) is 6.54 Å². The van der Waals surface area contributed by atoms with Crippen LogP contribution < -0.4 is 10.6 Å². The predicted molar refractivity (Wildman–Crippen MR) is 78.1 cm³/mol. The summed E-state index contributed by atoms with van der Waals surface area (Å²) < 4.78 is 0. The van der Waals surface area contributed by atoms with Gasteiger partial charge in [-0.15, -0.1) is 11.3 Å². The largest absolute Gasteiger partial charge is 0.348 e. The van der Waals surface area contributed by atoms with Crippen LogP contribution in [0.25, 0.3) is 0 Å². The number of nitrogens with one attached hydrogen (secondary N) is 2. The lowest BCUT2D eigenvalue weighted by atomic mass is 9.90. The predicted octanol–water partition coefficient (Wildman–Crippen LogP) is 2.10. The molecule has 1 aliphatic rings. The van der Waals surface area contributed by atoms with Crippen molar-refractivity contribution in [3.8, 4) is 0 Å². The van der Waals surface area contributed by atoms with Gasteiger partial charge in [0.1, 0.15) is 5.01 Å². The zero-order chi connectivity index (χ0) is 13.7. The Labute approximate surface area is 119 Å². The van der Waals surface area contributed by atoms with Crippen LogP contribution in [0.15, 0.2) is 6.20 Å². The minimum atomic E-state index is -0.0238. The van der Waals surface area contributed by atoms with Crippen LogP contribution in [0.3, 0.4) is 0 Å². The van der Waals surface area contributed by atoms with Gasteiger partial charge in [0.15, 0.2) is 0 Å². The molecule has 0 spiro atoms. The lowest BCUT2D eigenvalue weighted by Gasteiger charge is -2.28. The van der Waals surface area contributed by atoms with Gasteiger partial charge in [0, 0.05) is 11.1 Å². The number of thiazole rings is 1. The summed E-state index contributed by atoms with van der Waals surface area (Å²) in [4.78, 5) is 17.7. The third kappa shape index (κ3) is 4.01. The SMILES string of the molecule is CCc1cnc(CNC(=O)C2CC(CC)CCN2)s1. The zero-order valence-electron chi connectivity index (χ0n) is 11.7. The van der Waals surface area contributed by atoms with E-state index in [1.165, 1.54) is 11.3 Å². The average molecular weight is 281 g/mol. The van der Waals surface area contributed by atoms with Gasteiger partial charge in [-0.2, -0.15) is 0 Å². The highest BCUT2D eigenvalue weighted by Gasteiger charge is 2.25. The summed E-state index contributed by atoms with van der Waals surface area (Å²) in [5.41, 5.74) is 0. The van der Waals surface area contributed by atoms with Crippen LogP contribution in [0, 0.1) is 5.92 Å². The molecule has 1 saturated heterocycles. The molecule has 0 aromatic carbocycles. The second-order valence-electron chi connectivity index (χ2n) is 5.10. The molecule has 0 saturated carbocycles. The van der Waals surface area contributed by atoms with Gasteiger partial charge in [-0.1, -0.05) is 20.3 Å². The maximum absolute atomic E-state index is 12.1. The molecule has 5 heteroatoms. The van der Waals surface area contributed by atoms with Crippen LogP contribution in [0.2, 0.25) is 0 Å². The van der Waals surface area contributed by atoms with E-state index < -0.39 is 0 Å². The summed E-state index contributed by atoms with van der Waals surface area (Å²) in [5, 5.41) is 7.30. The van der Waals surface area contributed by atoms with E-state index in [-0.39, 0.29) is 11.9 Å². The first kappa shape index (κ1) is 14.5. The molecule has 2 unspecified atom stereocenters. The van der Waals surface area contributed by atoms with Crippen LogP contribution in [-0.4, -0.2) is 23.5 Å². The molecule has 2 N–H and O–H groups in total. The molecule has 1 amide bonds. The van der Waals surface area contributed by atoms with E-state index in [0.717, 1.165) is 30.8 Å². The Hall–Kier alpha value is -0.940. The Bertz CT molecular complexity index is 419. The van der Waals surface area contributed by atoms with Crippen LogP contribution in [0.4, 0.5) is 0 Å².